The summed E-state index contributed by atoms with van der Waals surface area (Å²) in [5, 5.41) is 12.9. The van der Waals surface area contributed by atoms with Crippen LogP contribution in [0, 0.1) is 18.8 Å². The molecule has 0 heterocycles. The number of hydrogen-bond donors (Lipinski definition) is 2. The Kier molecular flexibility index (Phi) is 4.48. The Balaban J connectivity index is 2.07. The molecular formula is C17H25NO2. The highest BCUT2D eigenvalue weighted by Gasteiger charge is 2.30. The normalized spacial score (nSPS) is 22.7. The number of nitrogens with one attached hydrogen (secondary N) is 1. The van der Waals surface area contributed by atoms with Gasteiger partial charge in [0, 0.05) is 0 Å². The van der Waals surface area contributed by atoms with Crippen molar-refractivity contribution in [3.8, 4) is 0 Å². The van der Waals surface area contributed by atoms with Gasteiger partial charge in [-0.1, -0.05) is 44.5 Å². The number of carbonyl (C=O) groups excluding carboxylic acids is 1. The molecule has 20 heavy (non-hydrogen) atoms. The molecule has 1 amide bonds. The maximum Gasteiger partial charge on any atom is 0.223 e. The van der Waals surface area contributed by atoms with E-state index in [9.17, 15) is 9.90 Å². The molecule has 0 aromatic heterocycles. The van der Waals surface area contributed by atoms with Gasteiger partial charge in [0.1, 0.15) is 0 Å². The van der Waals surface area contributed by atoms with Crippen LogP contribution in [0.4, 0.5) is 0 Å². The number of amides is 1. The smallest absolute Gasteiger partial charge is 0.223 e. The van der Waals surface area contributed by atoms with E-state index in [0.717, 1.165) is 6.42 Å². The molecule has 3 atom stereocenters. The fourth-order valence-electron chi connectivity index (χ4n) is 2.84. The lowest BCUT2D eigenvalue weighted by Gasteiger charge is -2.21. The SMILES string of the molecule is Cc1ccc2c(c1)C(NC(=O)CC(O)C(C)C)C(C)C2. The highest BCUT2D eigenvalue weighted by atomic mass is 16.3. The molecule has 0 fully saturated rings. The molecule has 0 saturated carbocycles. The number of aliphatic hydroxyl groups is 1. The lowest BCUT2D eigenvalue weighted by Crippen LogP contribution is -2.34. The standard InChI is InChI=1S/C17H25NO2/c1-10(2)15(19)9-16(20)18-17-12(4)8-13-6-5-11(3)7-14(13)17/h5-7,10,12,15,17,19H,8-9H2,1-4H3,(H,18,20). The molecule has 1 aliphatic carbocycles. The zero-order chi connectivity index (χ0) is 14.9. The van der Waals surface area contributed by atoms with Crippen LogP contribution in [0.15, 0.2) is 18.2 Å². The average Bonchev–Trinajstić information content (AvgIpc) is 2.66. The van der Waals surface area contributed by atoms with Gasteiger partial charge < -0.3 is 10.4 Å². The topological polar surface area (TPSA) is 49.3 Å². The van der Waals surface area contributed by atoms with E-state index in [-0.39, 0.29) is 24.3 Å². The van der Waals surface area contributed by atoms with Gasteiger partial charge in [0.25, 0.3) is 0 Å². The van der Waals surface area contributed by atoms with Crippen molar-refractivity contribution in [2.75, 3.05) is 0 Å². The zero-order valence-corrected chi connectivity index (χ0v) is 12.8. The van der Waals surface area contributed by atoms with Crippen LogP contribution >= 0.6 is 0 Å². The molecule has 0 bridgehead atoms. The van der Waals surface area contributed by atoms with E-state index in [0.29, 0.717) is 5.92 Å². The van der Waals surface area contributed by atoms with Crippen molar-refractivity contribution in [1.82, 2.24) is 5.32 Å². The second-order valence-electron chi connectivity index (χ2n) is 6.44. The maximum atomic E-state index is 12.1. The summed E-state index contributed by atoms with van der Waals surface area (Å²) >= 11 is 0. The molecule has 0 radical (unpaired) electrons. The van der Waals surface area contributed by atoms with Crippen molar-refractivity contribution in [1.29, 1.82) is 0 Å². The lowest BCUT2D eigenvalue weighted by molar-refractivity contribution is -0.124. The zero-order valence-electron chi connectivity index (χ0n) is 12.8. The number of carbonyl (C=O) groups is 1. The van der Waals surface area contributed by atoms with E-state index in [1.165, 1.54) is 16.7 Å². The summed E-state index contributed by atoms with van der Waals surface area (Å²) in [7, 11) is 0. The number of aliphatic hydroxyl groups excluding tert-OH is 1. The molecule has 1 aromatic rings. The van der Waals surface area contributed by atoms with Gasteiger partial charge in [-0.15, -0.1) is 0 Å². The minimum absolute atomic E-state index is 0.0580. The molecule has 2 rings (SSSR count). The van der Waals surface area contributed by atoms with Crippen molar-refractivity contribution >= 4 is 5.91 Å². The highest BCUT2D eigenvalue weighted by Crippen LogP contribution is 2.36. The first-order valence-electron chi connectivity index (χ1n) is 7.45. The number of hydrogen-bond acceptors (Lipinski definition) is 2. The van der Waals surface area contributed by atoms with Gasteiger partial charge in [0.2, 0.25) is 5.91 Å². The van der Waals surface area contributed by atoms with Crippen LogP contribution in [-0.2, 0) is 11.2 Å². The third kappa shape index (κ3) is 3.21. The second kappa shape index (κ2) is 5.96. The minimum atomic E-state index is -0.566. The molecule has 0 spiro atoms. The fraction of sp³-hybridized carbons (Fsp3) is 0.588. The number of fused-ring (bicyclic) bond motifs is 1. The van der Waals surface area contributed by atoms with Crippen molar-refractivity contribution in [2.45, 2.75) is 52.7 Å². The molecule has 2 N–H and O–H groups in total. The van der Waals surface area contributed by atoms with Crippen LogP contribution in [0.5, 0.6) is 0 Å². The van der Waals surface area contributed by atoms with Gasteiger partial charge in [0.05, 0.1) is 18.6 Å². The first kappa shape index (κ1) is 15.0. The molecule has 3 unspecified atom stereocenters. The van der Waals surface area contributed by atoms with Crippen LogP contribution in [0.1, 0.15) is 49.9 Å². The fourth-order valence-corrected chi connectivity index (χ4v) is 2.84. The molecule has 0 aliphatic heterocycles. The van der Waals surface area contributed by atoms with E-state index in [2.05, 4.69) is 37.4 Å². The number of aryl methyl sites for hydroxylation is 1. The quantitative estimate of drug-likeness (QED) is 0.887. The summed E-state index contributed by atoms with van der Waals surface area (Å²) in [5.41, 5.74) is 3.79. The van der Waals surface area contributed by atoms with Gasteiger partial charge in [-0.2, -0.15) is 0 Å². The van der Waals surface area contributed by atoms with Crippen molar-refractivity contribution in [3.63, 3.8) is 0 Å². The van der Waals surface area contributed by atoms with Crippen LogP contribution in [0.2, 0.25) is 0 Å². The van der Waals surface area contributed by atoms with Gasteiger partial charge in [-0.3, -0.25) is 4.79 Å². The van der Waals surface area contributed by atoms with Gasteiger partial charge >= 0.3 is 0 Å². The Bertz CT molecular complexity index is 496. The monoisotopic (exact) mass is 275 g/mol. The van der Waals surface area contributed by atoms with Gasteiger partial charge in [-0.25, -0.2) is 0 Å². The number of rotatable bonds is 4. The third-order valence-electron chi connectivity index (χ3n) is 4.23. The van der Waals surface area contributed by atoms with Crippen LogP contribution in [-0.4, -0.2) is 17.1 Å². The van der Waals surface area contributed by atoms with Gasteiger partial charge in [0.15, 0.2) is 0 Å². The molecule has 1 aliphatic rings. The average molecular weight is 275 g/mol. The van der Waals surface area contributed by atoms with Crippen molar-refractivity contribution in [2.24, 2.45) is 11.8 Å². The molecular weight excluding hydrogens is 250 g/mol. The summed E-state index contributed by atoms with van der Waals surface area (Å²) in [5.74, 6) is 0.459. The first-order valence-corrected chi connectivity index (χ1v) is 7.45. The van der Waals surface area contributed by atoms with E-state index in [4.69, 9.17) is 0 Å². The largest absolute Gasteiger partial charge is 0.392 e. The van der Waals surface area contributed by atoms with E-state index >= 15 is 0 Å². The molecule has 0 saturated heterocycles. The Hall–Kier alpha value is -1.35. The molecule has 1 aromatic carbocycles. The molecule has 110 valence electrons. The van der Waals surface area contributed by atoms with Crippen LogP contribution in [0.25, 0.3) is 0 Å². The van der Waals surface area contributed by atoms with Crippen molar-refractivity contribution < 1.29 is 9.90 Å². The predicted octanol–water partition coefficient (Wildman–Crippen LogP) is 2.75. The van der Waals surface area contributed by atoms with E-state index in [1.807, 2.05) is 13.8 Å². The first-order chi connectivity index (χ1) is 9.38. The Morgan fingerprint density at radius 2 is 2.15 bits per heavy atom. The third-order valence-corrected chi connectivity index (χ3v) is 4.23. The van der Waals surface area contributed by atoms with Crippen molar-refractivity contribution in [3.05, 3.63) is 34.9 Å². The van der Waals surface area contributed by atoms with E-state index < -0.39 is 6.10 Å². The second-order valence-corrected chi connectivity index (χ2v) is 6.44. The summed E-state index contributed by atoms with van der Waals surface area (Å²) in [4.78, 5) is 12.1. The highest BCUT2D eigenvalue weighted by molar-refractivity contribution is 5.77. The predicted molar refractivity (Wildman–Crippen MR) is 80.4 cm³/mol. The lowest BCUT2D eigenvalue weighted by atomic mass is 10.00. The summed E-state index contributed by atoms with van der Waals surface area (Å²) in [6.45, 7) is 8.09. The minimum Gasteiger partial charge on any atom is -0.392 e. The molecule has 3 nitrogen and oxygen atoms in total. The number of benzene rings is 1. The Morgan fingerprint density at radius 3 is 2.80 bits per heavy atom. The summed E-state index contributed by atoms with van der Waals surface area (Å²) < 4.78 is 0. The Morgan fingerprint density at radius 1 is 1.45 bits per heavy atom. The Labute approximate surface area is 121 Å². The molecule has 3 heteroatoms. The van der Waals surface area contributed by atoms with E-state index in [1.54, 1.807) is 0 Å². The maximum absolute atomic E-state index is 12.1. The van der Waals surface area contributed by atoms with Crippen LogP contribution in [0.3, 0.4) is 0 Å². The van der Waals surface area contributed by atoms with Crippen LogP contribution < -0.4 is 5.32 Å². The summed E-state index contributed by atoms with van der Waals surface area (Å²) in [6, 6.07) is 6.54. The summed E-state index contributed by atoms with van der Waals surface area (Å²) in [6.07, 6.45) is 0.624. The van der Waals surface area contributed by atoms with Gasteiger partial charge in [-0.05, 0) is 36.3 Å².